The molecule has 2 saturated heterocycles. The fourth-order valence-electron chi connectivity index (χ4n) is 4.94. The highest BCUT2D eigenvalue weighted by Crippen LogP contribution is 2.49. The number of phosphoric ester groups is 1. The van der Waals surface area contributed by atoms with E-state index in [1.165, 1.54) is 10.9 Å². The van der Waals surface area contributed by atoms with Crippen LogP contribution in [0, 0.1) is 0 Å². The third kappa shape index (κ3) is 8.06. The van der Waals surface area contributed by atoms with Crippen LogP contribution in [0.4, 0.5) is 21.5 Å². The average molecular weight is 702 g/mol. The second-order valence-corrected chi connectivity index (χ2v) is 11.6. The number of nitrogen functional groups attached to an aromatic ring is 2. The van der Waals surface area contributed by atoms with Crippen molar-refractivity contribution in [2.75, 3.05) is 37.9 Å². The van der Waals surface area contributed by atoms with E-state index in [-0.39, 0.29) is 49.1 Å². The van der Waals surface area contributed by atoms with E-state index in [2.05, 4.69) is 24.9 Å². The lowest BCUT2D eigenvalue weighted by molar-refractivity contribution is -0.0666. The van der Waals surface area contributed by atoms with Gasteiger partial charge in [-0.1, -0.05) is 0 Å². The largest absolute Gasteiger partial charge is 0.508 e. The maximum absolute atomic E-state index is 13.2. The quantitative estimate of drug-likeness (QED) is 0.139. The van der Waals surface area contributed by atoms with Crippen molar-refractivity contribution in [3.63, 3.8) is 0 Å². The molecule has 5 heterocycles. The number of carbonyl (C=O) groups excluding carboxylic acids is 2. The fourth-order valence-corrected chi connectivity index (χ4v) is 5.90. The Morgan fingerprint density at radius 2 is 1.60 bits per heavy atom. The summed E-state index contributed by atoms with van der Waals surface area (Å²) in [5.74, 6) is -0.461. The molecule has 0 radical (unpaired) electrons. The topological polar surface area (TPSA) is 309 Å². The Hall–Kier alpha value is -4.67. The number of nitrogens with two attached hydrogens (primary N) is 2. The summed E-state index contributed by atoms with van der Waals surface area (Å²) in [6.45, 7) is 2.02. The second kappa shape index (κ2) is 14.6. The Morgan fingerprint density at radius 1 is 0.958 bits per heavy atom. The number of imidazole rings is 1. The highest BCUT2D eigenvalue weighted by Gasteiger charge is 2.45. The molecule has 0 saturated carbocycles. The van der Waals surface area contributed by atoms with Crippen molar-refractivity contribution in [1.82, 2.24) is 34.1 Å². The number of ether oxygens (including phenoxy) is 6. The molecule has 0 amide bonds. The van der Waals surface area contributed by atoms with Gasteiger partial charge in [-0.15, -0.1) is 0 Å². The number of H-pyrrole nitrogens is 1. The number of aromatic amines is 1. The van der Waals surface area contributed by atoms with Gasteiger partial charge in [0.05, 0.1) is 26.1 Å². The van der Waals surface area contributed by atoms with Crippen LogP contribution in [-0.4, -0.2) is 102 Å². The number of phosphoric acid groups is 1. The van der Waals surface area contributed by atoms with Gasteiger partial charge in [0.25, 0.3) is 5.56 Å². The van der Waals surface area contributed by atoms with Gasteiger partial charge >= 0.3 is 25.8 Å². The normalized spacial score (nSPS) is 25.1. The minimum absolute atomic E-state index is 0.00224. The molecule has 2 aliphatic rings. The maximum Gasteiger partial charge on any atom is 0.508 e. The zero-order valence-electron chi connectivity index (χ0n) is 25.4. The Balaban J connectivity index is 1.31. The third-order valence-electron chi connectivity index (χ3n) is 6.99. The van der Waals surface area contributed by atoms with Crippen molar-refractivity contribution in [3.8, 4) is 0 Å². The lowest BCUT2D eigenvalue weighted by Crippen LogP contribution is -2.32. The van der Waals surface area contributed by atoms with Gasteiger partial charge in [0.2, 0.25) is 11.9 Å². The van der Waals surface area contributed by atoms with Crippen LogP contribution in [0.3, 0.4) is 0 Å². The smallest absolute Gasteiger partial charge is 0.435 e. The number of nitrogens with one attached hydrogen (secondary N) is 1. The molecular formula is C24H32N9O14P. The summed E-state index contributed by atoms with van der Waals surface area (Å²) in [7, 11) is -4.97. The molecule has 3 aromatic heterocycles. The molecule has 1 unspecified atom stereocenters. The van der Waals surface area contributed by atoms with E-state index in [0.717, 1.165) is 10.9 Å². The number of fused-ring (bicyclic) bond motifs is 1. The van der Waals surface area contributed by atoms with Crippen molar-refractivity contribution in [1.29, 1.82) is 0 Å². The third-order valence-corrected chi connectivity index (χ3v) is 8.00. The van der Waals surface area contributed by atoms with Crippen LogP contribution >= 0.6 is 7.82 Å². The Morgan fingerprint density at radius 3 is 2.31 bits per heavy atom. The first-order valence-corrected chi connectivity index (χ1v) is 15.9. The number of aromatic nitrogens is 7. The molecule has 24 heteroatoms. The fraction of sp³-hybridized carbons (Fsp3) is 0.583. The minimum Gasteiger partial charge on any atom is -0.435 e. The van der Waals surface area contributed by atoms with Crippen LogP contribution in [-0.2, 0) is 42.0 Å². The summed E-state index contributed by atoms with van der Waals surface area (Å²) >= 11 is 0. The van der Waals surface area contributed by atoms with Crippen LogP contribution < -0.4 is 22.7 Å². The van der Waals surface area contributed by atoms with E-state index in [1.807, 2.05) is 0 Å². The van der Waals surface area contributed by atoms with Crippen LogP contribution in [0.5, 0.6) is 0 Å². The molecule has 23 nitrogen and oxygen atoms in total. The molecule has 0 bridgehead atoms. The van der Waals surface area contributed by atoms with Crippen molar-refractivity contribution in [3.05, 3.63) is 33.5 Å². The number of nitrogens with zero attached hydrogens (tertiary/aromatic N) is 6. The summed E-state index contributed by atoms with van der Waals surface area (Å²) in [5.41, 5.74) is 9.74. The van der Waals surface area contributed by atoms with E-state index in [4.69, 9.17) is 48.9 Å². The van der Waals surface area contributed by atoms with E-state index in [9.17, 15) is 28.6 Å². The Labute approximate surface area is 269 Å². The molecule has 6 N–H and O–H groups in total. The average Bonchev–Trinajstić information content (AvgIpc) is 3.72. The zero-order chi connectivity index (χ0) is 34.6. The molecule has 5 rings (SSSR count). The molecule has 2 aliphatic heterocycles. The molecule has 0 spiro atoms. The number of hydrogen-bond donors (Lipinski definition) is 4. The van der Waals surface area contributed by atoms with E-state index in [0.29, 0.717) is 0 Å². The monoisotopic (exact) mass is 701 g/mol. The first-order valence-electron chi connectivity index (χ1n) is 14.4. The van der Waals surface area contributed by atoms with E-state index >= 15 is 0 Å². The minimum atomic E-state index is -4.97. The maximum atomic E-state index is 13.2. The van der Waals surface area contributed by atoms with Gasteiger partial charge in [-0.25, -0.2) is 28.9 Å². The standard InChI is InChI=1S/C24H32N9O14P/c1-3-40-23(36)42-7-13-12(6-15(44-13)32-9-27-17-18(32)29-21(26)30-19(17)34)47-48(38,39)43-8-14-11(46-24(37)41-4-2)5-16(45-14)33-10-28-20(25)31-22(33)35/h9-16H,3-8H2,1-2H3,(H,38,39)(H2,25,31,35)(H3,26,29,30,34)/t11-,12-,13+,14+,15+,16+/m0/s1. The molecule has 262 valence electrons. The second-order valence-electron chi connectivity index (χ2n) is 10.2. The van der Waals surface area contributed by atoms with Crippen molar-refractivity contribution < 1.29 is 56.5 Å². The van der Waals surface area contributed by atoms with Crippen LogP contribution in [0.1, 0.15) is 39.1 Å². The number of carbonyl (C=O) groups is 2. The van der Waals surface area contributed by atoms with Crippen LogP contribution in [0.2, 0.25) is 0 Å². The Bertz CT molecular complexity index is 1800. The van der Waals surface area contributed by atoms with Crippen molar-refractivity contribution >= 4 is 43.2 Å². The predicted molar refractivity (Wildman–Crippen MR) is 156 cm³/mol. The van der Waals surface area contributed by atoms with E-state index in [1.54, 1.807) is 13.8 Å². The lowest BCUT2D eigenvalue weighted by atomic mass is 10.2. The molecular weight excluding hydrogens is 669 g/mol. The molecule has 7 atom stereocenters. The van der Waals surface area contributed by atoms with Gasteiger partial charge in [-0.2, -0.15) is 9.97 Å². The highest BCUT2D eigenvalue weighted by molar-refractivity contribution is 7.47. The lowest BCUT2D eigenvalue weighted by Gasteiger charge is -2.23. The van der Waals surface area contributed by atoms with Crippen molar-refractivity contribution in [2.45, 2.75) is 63.6 Å². The van der Waals surface area contributed by atoms with Gasteiger partial charge in [-0.05, 0) is 13.8 Å². The van der Waals surface area contributed by atoms with Gasteiger partial charge in [0.1, 0.15) is 49.8 Å². The molecule has 0 aromatic carbocycles. The first kappa shape index (κ1) is 34.7. The summed E-state index contributed by atoms with van der Waals surface area (Å²) in [4.78, 5) is 77.1. The van der Waals surface area contributed by atoms with Crippen LogP contribution in [0.25, 0.3) is 11.2 Å². The number of rotatable bonds is 12. The zero-order valence-corrected chi connectivity index (χ0v) is 26.3. The summed E-state index contributed by atoms with van der Waals surface area (Å²) in [5, 5.41) is 0. The summed E-state index contributed by atoms with van der Waals surface area (Å²) in [6.07, 6.45) is -6.73. The first-order chi connectivity index (χ1) is 22.9. The number of hydrogen-bond acceptors (Lipinski definition) is 19. The molecule has 2 fully saturated rings. The summed E-state index contributed by atoms with van der Waals surface area (Å²) < 4.78 is 58.0. The van der Waals surface area contributed by atoms with Gasteiger partial charge < -0.3 is 44.8 Å². The number of anilines is 2. The van der Waals surface area contributed by atoms with Crippen LogP contribution in [0.15, 0.2) is 22.2 Å². The molecule has 0 aliphatic carbocycles. The van der Waals surface area contributed by atoms with E-state index < -0.39 is 81.5 Å². The summed E-state index contributed by atoms with van der Waals surface area (Å²) in [6, 6.07) is 0. The van der Waals surface area contributed by atoms with Gasteiger partial charge in [0, 0.05) is 12.8 Å². The molecule has 48 heavy (non-hydrogen) atoms. The molecule has 3 aromatic rings. The Kier molecular flexibility index (Phi) is 10.6. The van der Waals surface area contributed by atoms with Gasteiger partial charge in [-0.3, -0.25) is 28.0 Å². The predicted octanol–water partition coefficient (Wildman–Crippen LogP) is -0.272. The van der Waals surface area contributed by atoms with Crippen molar-refractivity contribution in [2.24, 2.45) is 0 Å². The highest BCUT2D eigenvalue weighted by atomic mass is 31.2. The van der Waals surface area contributed by atoms with Gasteiger partial charge in [0.15, 0.2) is 11.2 Å². The SMILES string of the molecule is CCOC(=O)OC[C@H]1O[C@@H](n2cnc3c(=O)[nH]c(N)nc32)C[C@@H]1OP(=O)(O)OC[C@H]1O[C@@H](n2cnc(N)nc2=O)C[C@@H]1OC(=O)OCC.